The molecular weight excluding hydrogens is 170 g/mol. The van der Waals surface area contributed by atoms with Gasteiger partial charge in [0.15, 0.2) is 0 Å². The molecule has 1 heteroatoms. The van der Waals surface area contributed by atoms with E-state index in [-0.39, 0.29) is 0 Å². The third kappa shape index (κ3) is 1.13. The molecule has 2 aromatic rings. The molecule has 0 saturated carbocycles. The van der Waals surface area contributed by atoms with E-state index in [1.54, 1.807) is 0 Å². The summed E-state index contributed by atoms with van der Waals surface area (Å²) >= 11 is 0. The molecule has 1 aromatic carbocycles. The molecule has 0 bridgehead atoms. The van der Waals surface area contributed by atoms with Gasteiger partial charge >= 0.3 is 0 Å². The molecule has 3 radical (unpaired) electrons. The molecule has 0 amide bonds. The third-order valence-corrected chi connectivity index (χ3v) is 2.42. The van der Waals surface area contributed by atoms with Crippen molar-refractivity contribution in [3.8, 4) is 0 Å². The number of nitrogens with zero attached hydrogens (tertiary/aromatic N) is 1. The fourth-order valence-corrected chi connectivity index (χ4v) is 1.71. The molecule has 0 saturated heterocycles. The number of rotatable bonds is 0. The van der Waals surface area contributed by atoms with E-state index in [0.29, 0.717) is 0 Å². The monoisotopic (exact) mass is 178 g/mol. The van der Waals surface area contributed by atoms with Crippen molar-refractivity contribution in [1.82, 2.24) is 4.98 Å². The Bertz CT molecular complexity index is 512. The predicted octanol–water partition coefficient (Wildman–Crippen LogP) is 2.69. The number of pyridine rings is 1. The fourth-order valence-electron chi connectivity index (χ4n) is 1.71. The smallest absolute Gasteiger partial charge is 0.0709 e. The molecule has 1 aliphatic rings. The Morgan fingerprint density at radius 2 is 2.36 bits per heavy atom. The number of allylic oxidation sites excluding steroid dienone is 1. The van der Waals surface area contributed by atoms with Gasteiger partial charge in [0.25, 0.3) is 0 Å². The summed E-state index contributed by atoms with van der Waals surface area (Å²) in [7, 11) is 0. The molecule has 1 nitrogen and oxygen atoms in total. The largest absolute Gasteiger partial charge is 0.248 e. The highest BCUT2D eigenvalue weighted by Gasteiger charge is 2.07. The van der Waals surface area contributed by atoms with Crippen molar-refractivity contribution >= 4 is 17.0 Å². The second-order valence-corrected chi connectivity index (χ2v) is 3.37. The standard InChI is InChI=1S/C13H8N/c1-3-7-12-10(5-1)9-11-6-2-4-8-13(11)14-12/h3-5,7-9H,6H2. The first-order valence-corrected chi connectivity index (χ1v) is 4.63. The molecule has 0 aliphatic heterocycles. The van der Waals surface area contributed by atoms with Crippen molar-refractivity contribution in [1.29, 1.82) is 0 Å². The van der Waals surface area contributed by atoms with Crippen LogP contribution in [0.4, 0.5) is 0 Å². The minimum atomic E-state index is 0.865. The van der Waals surface area contributed by atoms with Crippen LogP contribution in [0.2, 0.25) is 0 Å². The second kappa shape index (κ2) is 2.95. The van der Waals surface area contributed by atoms with Crippen molar-refractivity contribution in [3.05, 3.63) is 54.1 Å². The zero-order valence-corrected chi connectivity index (χ0v) is 7.62. The molecule has 14 heavy (non-hydrogen) atoms. The lowest BCUT2D eigenvalue weighted by molar-refractivity contribution is 1.13. The molecule has 0 N–H and O–H groups in total. The molecular formula is C13H8N. The fraction of sp³-hybridized carbons (Fsp3) is 0.0769. The van der Waals surface area contributed by atoms with Crippen molar-refractivity contribution < 1.29 is 0 Å². The molecule has 65 valence electrons. The van der Waals surface area contributed by atoms with Gasteiger partial charge in [0, 0.05) is 11.8 Å². The third-order valence-electron chi connectivity index (χ3n) is 2.42. The molecule has 0 atom stereocenters. The Morgan fingerprint density at radius 1 is 1.36 bits per heavy atom. The Kier molecular flexibility index (Phi) is 1.63. The zero-order chi connectivity index (χ0) is 9.38. The van der Waals surface area contributed by atoms with Gasteiger partial charge in [-0.05, 0) is 42.3 Å². The zero-order valence-electron chi connectivity index (χ0n) is 7.62. The predicted molar refractivity (Wildman–Crippen MR) is 56.6 cm³/mol. The summed E-state index contributed by atoms with van der Waals surface area (Å²) in [4.78, 5) is 4.57. The van der Waals surface area contributed by atoms with Gasteiger partial charge in [-0.15, -0.1) is 0 Å². The molecule has 1 aliphatic carbocycles. The van der Waals surface area contributed by atoms with Crippen LogP contribution in [-0.2, 0) is 6.42 Å². The Morgan fingerprint density at radius 3 is 3.36 bits per heavy atom. The highest BCUT2D eigenvalue weighted by atomic mass is 14.7. The lowest BCUT2D eigenvalue weighted by atomic mass is 10.0. The number of fused-ring (bicyclic) bond motifs is 2. The van der Waals surface area contributed by atoms with E-state index in [9.17, 15) is 0 Å². The van der Waals surface area contributed by atoms with Crippen LogP contribution in [0, 0.1) is 12.5 Å². The first kappa shape index (κ1) is 7.74. The average Bonchev–Trinajstić information content (AvgIpc) is 2.26. The van der Waals surface area contributed by atoms with Crippen LogP contribution in [0.25, 0.3) is 17.0 Å². The number of hydrogen-bond acceptors (Lipinski definition) is 1. The maximum Gasteiger partial charge on any atom is 0.0709 e. The number of aromatic nitrogens is 1. The summed E-state index contributed by atoms with van der Waals surface area (Å²) in [5.41, 5.74) is 3.36. The lowest BCUT2D eigenvalue weighted by Crippen LogP contribution is -1.97. The quantitative estimate of drug-likeness (QED) is 0.604. The minimum Gasteiger partial charge on any atom is -0.248 e. The first-order chi connectivity index (χ1) is 6.93. The number of benzene rings is 1. The summed E-state index contributed by atoms with van der Waals surface area (Å²) < 4.78 is 0. The molecule has 1 aromatic heterocycles. The van der Waals surface area contributed by atoms with E-state index in [0.717, 1.165) is 23.0 Å². The van der Waals surface area contributed by atoms with Crippen molar-refractivity contribution in [2.45, 2.75) is 6.42 Å². The van der Waals surface area contributed by atoms with E-state index in [1.165, 1.54) is 5.56 Å². The molecule has 0 spiro atoms. The van der Waals surface area contributed by atoms with Crippen LogP contribution >= 0.6 is 0 Å². The van der Waals surface area contributed by atoms with Gasteiger partial charge in [0.1, 0.15) is 0 Å². The van der Waals surface area contributed by atoms with Crippen LogP contribution in [0.1, 0.15) is 11.3 Å². The average molecular weight is 178 g/mol. The summed E-state index contributed by atoms with van der Waals surface area (Å²) in [6.45, 7) is 0. The van der Waals surface area contributed by atoms with Crippen LogP contribution in [-0.4, -0.2) is 4.98 Å². The molecule has 0 unspecified atom stereocenters. The van der Waals surface area contributed by atoms with Crippen LogP contribution in [0.3, 0.4) is 0 Å². The molecule has 0 fully saturated rings. The maximum absolute atomic E-state index is 4.57. The van der Waals surface area contributed by atoms with Gasteiger partial charge in [-0.1, -0.05) is 12.1 Å². The number of hydrogen-bond donors (Lipinski definition) is 0. The van der Waals surface area contributed by atoms with E-state index in [1.807, 2.05) is 30.4 Å². The SMILES string of the molecule is [C]1C=Cc2nc3cc[c]cc3cc2C1. The van der Waals surface area contributed by atoms with Crippen LogP contribution in [0.5, 0.6) is 0 Å². The van der Waals surface area contributed by atoms with Gasteiger partial charge < -0.3 is 0 Å². The lowest BCUT2D eigenvalue weighted by Gasteiger charge is -2.09. The summed E-state index contributed by atoms with van der Waals surface area (Å²) in [5.74, 6) is 0. The highest BCUT2D eigenvalue weighted by molar-refractivity contribution is 5.81. The van der Waals surface area contributed by atoms with Crippen molar-refractivity contribution in [2.75, 3.05) is 0 Å². The topological polar surface area (TPSA) is 12.9 Å². The Hall–Kier alpha value is -1.63. The van der Waals surface area contributed by atoms with E-state index < -0.39 is 0 Å². The van der Waals surface area contributed by atoms with E-state index >= 15 is 0 Å². The van der Waals surface area contributed by atoms with Crippen LogP contribution < -0.4 is 0 Å². The maximum atomic E-state index is 4.57. The molecule has 3 rings (SSSR count). The van der Waals surface area contributed by atoms with Crippen molar-refractivity contribution in [3.63, 3.8) is 0 Å². The van der Waals surface area contributed by atoms with Gasteiger partial charge in [0.05, 0.1) is 11.2 Å². The Balaban J connectivity index is 2.34. The summed E-state index contributed by atoms with van der Waals surface area (Å²) in [6, 6.07) is 11.1. The minimum absolute atomic E-state index is 0.865. The van der Waals surface area contributed by atoms with Crippen LogP contribution in [0.15, 0.2) is 30.3 Å². The van der Waals surface area contributed by atoms with Gasteiger partial charge in [-0.2, -0.15) is 0 Å². The first-order valence-electron chi connectivity index (χ1n) is 4.63. The van der Waals surface area contributed by atoms with Gasteiger partial charge in [-0.25, -0.2) is 4.98 Å². The summed E-state index contributed by atoms with van der Waals surface area (Å²) in [6.07, 6.45) is 7.99. The van der Waals surface area contributed by atoms with Gasteiger partial charge in [0.2, 0.25) is 0 Å². The molecule has 1 heterocycles. The highest BCUT2D eigenvalue weighted by Crippen LogP contribution is 2.21. The normalized spacial score (nSPS) is 14.3. The van der Waals surface area contributed by atoms with Crippen molar-refractivity contribution in [2.24, 2.45) is 0 Å². The van der Waals surface area contributed by atoms with E-state index in [2.05, 4.69) is 23.5 Å². The van der Waals surface area contributed by atoms with E-state index in [4.69, 9.17) is 0 Å². The summed E-state index contributed by atoms with van der Waals surface area (Å²) in [5, 5.41) is 1.16. The Labute approximate surface area is 83.1 Å². The second-order valence-electron chi connectivity index (χ2n) is 3.37. The van der Waals surface area contributed by atoms with Gasteiger partial charge in [-0.3, -0.25) is 0 Å².